The molecule has 0 radical (unpaired) electrons. The molecule has 2 aromatic rings. The second-order valence-corrected chi connectivity index (χ2v) is 3.80. The molecule has 0 aliphatic carbocycles. The van der Waals surface area contributed by atoms with E-state index in [9.17, 15) is 0 Å². The zero-order valence-electron chi connectivity index (χ0n) is 9.88. The largest absolute Gasteiger partial charge is 0.278 e. The van der Waals surface area contributed by atoms with Crippen molar-refractivity contribution >= 4 is 11.9 Å². The van der Waals surface area contributed by atoms with Crippen LogP contribution in [0.5, 0.6) is 0 Å². The smallest absolute Gasteiger partial charge is 0.172 e. The normalized spacial score (nSPS) is 10.7. The van der Waals surface area contributed by atoms with Gasteiger partial charge in [0.25, 0.3) is 0 Å². The molecular formula is C13H14N4. The van der Waals surface area contributed by atoms with Gasteiger partial charge in [-0.1, -0.05) is 17.7 Å². The Bertz CT molecular complexity index is 520. The van der Waals surface area contributed by atoms with Gasteiger partial charge in [0, 0.05) is 12.4 Å². The SMILES string of the molecule is Cc1ccc(N/N=C/c2ncccn2)c(C)c1. The second kappa shape index (κ2) is 5.21. The van der Waals surface area contributed by atoms with Crippen LogP contribution in [0.25, 0.3) is 0 Å². The van der Waals surface area contributed by atoms with Crippen LogP contribution in [-0.4, -0.2) is 16.2 Å². The minimum atomic E-state index is 0.588. The average Bonchev–Trinajstić information content (AvgIpc) is 2.33. The fraction of sp³-hybridized carbons (Fsp3) is 0.154. The first-order valence-electron chi connectivity index (χ1n) is 5.39. The van der Waals surface area contributed by atoms with Gasteiger partial charge in [0.2, 0.25) is 0 Å². The molecule has 0 spiro atoms. The van der Waals surface area contributed by atoms with Crippen LogP contribution in [0, 0.1) is 13.8 Å². The first kappa shape index (κ1) is 11.3. The lowest BCUT2D eigenvalue weighted by Gasteiger charge is -2.04. The summed E-state index contributed by atoms with van der Waals surface area (Å²) in [6.07, 6.45) is 4.97. The summed E-state index contributed by atoms with van der Waals surface area (Å²) >= 11 is 0. The van der Waals surface area contributed by atoms with Gasteiger partial charge in [0.15, 0.2) is 5.82 Å². The highest BCUT2D eigenvalue weighted by atomic mass is 15.3. The summed E-state index contributed by atoms with van der Waals surface area (Å²) in [5, 5.41) is 4.10. The number of rotatable bonds is 3. The second-order valence-electron chi connectivity index (χ2n) is 3.80. The molecule has 1 N–H and O–H groups in total. The monoisotopic (exact) mass is 226 g/mol. The fourth-order valence-electron chi connectivity index (χ4n) is 1.48. The average molecular weight is 226 g/mol. The van der Waals surface area contributed by atoms with Crippen molar-refractivity contribution in [1.82, 2.24) is 9.97 Å². The number of anilines is 1. The Hall–Kier alpha value is -2.23. The summed E-state index contributed by atoms with van der Waals surface area (Å²) in [5.74, 6) is 0.588. The maximum Gasteiger partial charge on any atom is 0.172 e. The molecule has 0 unspecified atom stereocenters. The molecule has 2 rings (SSSR count). The highest BCUT2D eigenvalue weighted by Gasteiger charge is 1.95. The Morgan fingerprint density at radius 1 is 1.18 bits per heavy atom. The number of benzene rings is 1. The highest BCUT2D eigenvalue weighted by molar-refractivity contribution is 5.75. The Balaban J connectivity index is 2.05. The standard InChI is InChI=1S/C13H14N4/c1-10-4-5-12(11(2)8-10)17-16-9-13-14-6-3-7-15-13/h3-9,17H,1-2H3/b16-9+. The lowest BCUT2D eigenvalue weighted by Crippen LogP contribution is -1.96. The van der Waals surface area contributed by atoms with Crippen molar-refractivity contribution in [1.29, 1.82) is 0 Å². The minimum Gasteiger partial charge on any atom is -0.278 e. The quantitative estimate of drug-likeness (QED) is 0.646. The van der Waals surface area contributed by atoms with Crippen LogP contribution in [0.15, 0.2) is 41.8 Å². The van der Waals surface area contributed by atoms with Crippen LogP contribution in [0.4, 0.5) is 5.69 Å². The zero-order valence-corrected chi connectivity index (χ0v) is 9.88. The lowest BCUT2D eigenvalue weighted by atomic mass is 10.1. The Kier molecular flexibility index (Phi) is 3.45. The summed E-state index contributed by atoms with van der Waals surface area (Å²) < 4.78 is 0. The van der Waals surface area contributed by atoms with Crippen LogP contribution in [-0.2, 0) is 0 Å². The third kappa shape index (κ3) is 3.11. The number of hydrazone groups is 1. The third-order valence-corrected chi connectivity index (χ3v) is 2.33. The van der Waals surface area contributed by atoms with Crippen LogP contribution in [0.3, 0.4) is 0 Å². The molecule has 17 heavy (non-hydrogen) atoms. The molecule has 1 heterocycles. The number of nitrogens with zero attached hydrogens (tertiary/aromatic N) is 3. The minimum absolute atomic E-state index is 0.588. The first-order chi connectivity index (χ1) is 8.25. The summed E-state index contributed by atoms with van der Waals surface area (Å²) in [5.41, 5.74) is 6.37. The van der Waals surface area contributed by atoms with Crippen molar-refractivity contribution < 1.29 is 0 Å². The number of aryl methyl sites for hydroxylation is 2. The van der Waals surface area contributed by atoms with E-state index in [2.05, 4.69) is 33.5 Å². The number of hydrogen-bond acceptors (Lipinski definition) is 4. The van der Waals surface area contributed by atoms with Crippen molar-refractivity contribution in [2.45, 2.75) is 13.8 Å². The van der Waals surface area contributed by atoms with E-state index in [1.807, 2.05) is 19.1 Å². The van der Waals surface area contributed by atoms with Crippen LogP contribution in [0.2, 0.25) is 0 Å². The lowest BCUT2D eigenvalue weighted by molar-refractivity contribution is 1.14. The van der Waals surface area contributed by atoms with Crippen LogP contribution in [0.1, 0.15) is 17.0 Å². The summed E-state index contributed by atoms with van der Waals surface area (Å²) in [4.78, 5) is 8.09. The van der Waals surface area contributed by atoms with E-state index in [1.54, 1.807) is 24.7 Å². The molecule has 1 aromatic heterocycles. The van der Waals surface area contributed by atoms with Crippen molar-refractivity contribution in [3.63, 3.8) is 0 Å². The predicted octanol–water partition coefficient (Wildman–Crippen LogP) is 2.54. The molecule has 4 heteroatoms. The van der Waals surface area contributed by atoms with Crippen LogP contribution < -0.4 is 5.43 Å². The molecule has 1 aromatic carbocycles. The van der Waals surface area contributed by atoms with E-state index < -0.39 is 0 Å². The van der Waals surface area contributed by atoms with Crippen molar-refractivity contribution in [2.24, 2.45) is 5.10 Å². The third-order valence-electron chi connectivity index (χ3n) is 2.33. The van der Waals surface area contributed by atoms with Gasteiger partial charge in [0.05, 0.1) is 11.9 Å². The zero-order chi connectivity index (χ0) is 12.1. The number of aromatic nitrogens is 2. The molecule has 0 atom stereocenters. The van der Waals surface area contributed by atoms with E-state index in [1.165, 1.54) is 5.56 Å². The molecule has 0 saturated heterocycles. The Morgan fingerprint density at radius 3 is 2.65 bits per heavy atom. The molecule has 0 fully saturated rings. The topological polar surface area (TPSA) is 50.2 Å². The van der Waals surface area contributed by atoms with E-state index in [0.717, 1.165) is 11.3 Å². The van der Waals surface area contributed by atoms with Gasteiger partial charge in [0.1, 0.15) is 0 Å². The van der Waals surface area contributed by atoms with Gasteiger partial charge in [-0.25, -0.2) is 9.97 Å². The summed E-state index contributed by atoms with van der Waals surface area (Å²) in [7, 11) is 0. The highest BCUT2D eigenvalue weighted by Crippen LogP contribution is 2.15. The maximum atomic E-state index is 4.10. The van der Waals surface area contributed by atoms with Gasteiger partial charge < -0.3 is 0 Å². The number of nitrogens with one attached hydrogen (secondary N) is 1. The molecular weight excluding hydrogens is 212 g/mol. The van der Waals surface area contributed by atoms with Gasteiger partial charge in [-0.3, -0.25) is 5.43 Å². The molecule has 0 amide bonds. The molecule has 0 aliphatic heterocycles. The molecule has 0 saturated carbocycles. The molecule has 4 nitrogen and oxygen atoms in total. The molecule has 0 bridgehead atoms. The summed E-state index contributed by atoms with van der Waals surface area (Å²) in [6.45, 7) is 4.11. The van der Waals surface area contributed by atoms with Gasteiger partial charge in [-0.15, -0.1) is 0 Å². The van der Waals surface area contributed by atoms with E-state index >= 15 is 0 Å². The molecule has 86 valence electrons. The maximum absolute atomic E-state index is 4.10. The fourth-order valence-corrected chi connectivity index (χ4v) is 1.48. The number of hydrogen-bond donors (Lipinski definition) is 1. The predicted molar refractivity (Wildman–Crippen MR) is 69.2 cm³/mol. The van der Waals surface area contributed by atoms with E-state index in [-0.39, 0.29) is 0 Å². The van der Waals surface area contributed by atoms with Gasteiger partial charge in [-0.2, -0.15) is 5.10 Å². The van der Waals surface area contributed by atoms with Crippen molar-refractivity contribution in [2.75, 3.05) is 5.43 Å². The van der Waals surface area contributed by atoms with Gasteiger partial charge in [-0.05, 0) is 31.5 Å². The Morgan fingerprint density at radius 2 is 1.94 bits per heavy atom. The van der Waals surface area contributed by atoms with E-state index in [4.69, 9.17) is 0 Å². The first-order valence-corrected chi connectivity index (χ1v) is 5.39. The van der Waals surface area contributed by atoms with Gasteiger partial charge >= 0.3 is 0 Å². The summed E-state index contributed by atoms with van der Waals surface area (Å²) in [6, 6.07) is 7.93. The van der Waals surface area contributed by atoms with Crippen molar-refractivity contribution in [3.05, 3.63) is 53.6 Å². The molecule has 0 aliphatic rings. The van der Waals surface area contributed by atoms with Crippen molar-refractivity contribution in [3.8, 4) is 0 Å². The van der Waals surface area contributed by atoms with E-state index in [0.29, 0.717) is 5.82 Å². The van der Waals surface area contributed by atoms with Crippen LogP contribution >= 0.6 is 0 Å². The Labute approximate surface area is 100 Å².